The number of anilines is 1. The summed E-state index contributed by atoms with van der Waals surface area (Å²) in [6.07, 6.45) is 5.06. The largest absolute Gasteiger partial charge is 0.444 e. The first-order valence-electron chi connectivity index (χ1n) is 9.65. The van der Waals surface area contributed by atoms with E-state index in [2.05, 4.69) is 15.6 Å². The van der Waals surface area contributed by atoms with Gasteiger partial charge in [-0.2, -0.15) is 0 Å². The standard InChI is InChI=1S/C21H29N3O3/c1-21(2,3)27-20(26)23-13-14-7-9-15(10-8-14)19(25)24-18-6-4-5-17-16(18)11-12-22-17/h4-6,11-12,14-15,22H,7-10,13H2,1-3H3,(H,23,26)(H,24,25). The third kappa shape index (κ3) is 5.25. The molecule has 1 aromatic carbocycles. The molecule has 27 heavy (non-hydrogen) atoms. The number of aromatic amines is 1. The summed E-state index contributed by atoms with van der Waals surface area (Å²) in [6, 6.07) is 7.84. The van der Waals surface area contributed by atoms with E-state index in [4.69, 9.17) is 4.74 Å². The van der Waals surface area contributed by atoms with Crippen LogP contribution in [0.3, 0.4) is 0 Å². The third-order valence-electron chi connectivity index (χ3n) is 5.00. The topological polar surface area (TPSA) is 83.2 Å². The van der Waals surface area contributed by atoms with E-state index >= 15 is 0 Å². The average Bonchev–Trinajstić information content (AvgIpc) is 3.09. The van der Waals surface area contributed by atoms with E-state index in [1.807, 2.05) is 51.2 Å². The van der Waals surface area contributed by atoms with Crippen LogP contribution >= 0.6 is 0 Å². The summed E-state index contributed by atoms with van der Waals surface area (Å²) in [5, 5.41) is 6.96. The summed E-state index contributed by atoms with van der Waals surface area (Å²) in [7, 11) is 0. The van der Waals surface area contributed by atoms with Crippen LogP contribution in [-0.4, -0.2) is 29.1 Å². The second-order valence-corrected chi connectivity index (χ2v) is 8.33. The van der Waals surface area contributed by atoms with Crippen molar-refractivity contribution in [2.24, 2.45) is 11.8 Å². The van der Waals surface area contributed by atoms with Gasteiger partial charge in [0.25, 0.3) is 0 Å². The molecule has 1 fully saturated rings. The normalized spacial score (nSPS) is 20.3. The van der Waals surface area contributed by atoms with Gasteiger partial charge in [-0.25, -0.2) is 4.79 Å². The quantitative estimate of drug-likeness (QED) is 0.743. The van der Waals surface area contributed by atoms with Crippen molar-refractivity contribution in [3.63, 3.8) is 0 Å². The highest BCUT2D eigenvalue weighted by Crippen LogP contribution is 2.30. The number of nitrogens with one attached hydrogen (secondary N) is 3. The molecular formula is C21H29N3O3. The van der Waals surface area contributed by atoms with E-state index in [-0.39, 0.29) is 17.9 Å². The molecule has 0 aliphatic heterocycles. The zero-order valence-corrected chi connectivity index (χ0v) is 16.3. The third-order valence-corrected chi connectivity index (χ3v) is 5.00. The zero-order valence-electron chi connectivity index (χ0n) is 16.3. The number of ether oxygens (including phenoxy) is 1. The van der Waals surface area contributed by atoms with Gasteiger partial charge in [-0.1, -0.05) is 6.07 Å². The number of alkyl carbamates (subject to hydrolysis) is 1. The van der Waals surface area contributed by atoms with Crippen LogP contribution in [0.25, 0.3) is 10.9 Å². The van der Waals surface area contributed by atoms with Gasteiger partial charge in [-0.05, 0) is 70.6 Å². The smallest absolute Gasteiger partial charge is 0.407 e. The lowest BCUT2D eigenvalue weighted by atomic mass is 9.81. The number of aromatic nitrogens is 1. The molecule has 0 bridgehead atoms. The molecular weight excluding hydrogens is 342 g/mol. The predicted octanol–water partition coefficient (Wildman–Crippen LogP) is 4.44. The molecule has 1 heterocycles. The lowest BCUT2D eigenvalue weighted by Crippen LogP contribution is -2.37. The zero-order chi connectivity index (χ0) is 19.4. The van der Waals surface area contributed by atoms with Crippen LogP contribution < -0.4 is 10.6 Å². The molecule has 1 saturated carbocycles. The predicted molar refractivity (Wildman–Crippen MR) is 107 cm³/mol. The number of benzene rings is 1. The van der Waals surface area contributed by atoms with Gasteiger partial charge in [-0.15, -0.1) is 0 Å². The Kier molecular flexibility index (Phi) is 5.73. The van der Waals surface area contributed by atoms with Gasteiger partial charge in [0.05, 0.1) is 5.69 Å². The molecule has 146 valence electrons. The number of hydrogen-bond acceptors (Lipinski definition) is 3. The number of amides is 2. The van der Waals surface area contributed by atoms with Crippen molar-refractivity contribution in [1.29, 1.82) is 0 Å². The van der Waals surface area contributed by atoms with Crippen molar-refractivity contribution in [2.75, 3.05) is 11.9 Å². The van der Waals surface area contributed by atoms with Crippen LogP contribution in [0.5, 0.6) is 0 Å². The van der Waals surface area contributed by atoms with Crippen molar-refractivity contribution in [2.45, 2.75) is 52.1 Å². The Balaban J connectivity index is 1.45. The molecule has 3 rings (SSSR count). The number of hydrogen-bond donors (Lipinski definition) is 3. The molecule has 0 radical (unpaired) electrons. The molecule has 1 aliphatic rings. The molecule has 1 aromatic heterocycles. The highest BCUT2D eigenvalue weighted by atomic mass is 16.6. The minimum Gasteiger partial charge on any atom is -0.444 e. The second kappa shape index (κ2) is 8.03. The van der Waals surface area contributed by atoms with Crippen LogP contribution in [0.15, 0.2) is 30.5 Å². The summed E-state index contributed by atoms with van der Waals surface area (Å²) in [5.41, 5.74) is 1.39. The fourth-order valence-electron chi connectivity index (χ4n) is 3.60. The van der Waals surface area contributed by atoms with E-state index < -0.39 is 5.60 Å². The Bertz CT molecular complexity index is 798. The van der Waals surface area contributed by atoms with Crippen molar-refractivity contribution in [3.8, 4) is 0 Å². The highest BCUT2D eigenvalue weighted by Gasteiger charge is 2.27. The van der Waals surface area contributed by atoms with Crippen molar-refractivity contribution in [1.82, 2.24) is 10.3 Å². The van der Waals surface area contributed by atoms with Gasteiger partial charge in [0.1, 0.15) is 5.60 Å². The Hall–Kier alpha value is -2.50. The first-order valence-corrected chi connectivity index (χ1v) is 9.65. The average molecular weight is 371 g/mol. The number of rotatable bonds is 4. The number of carbonyl (C=O) groups excluding carboxylic acids is 2. The fraction of sp³-hybridized carbons (Fsp3) is 0.524. The van der Waals surface area contributed by atoms with Gasteiger partial charge >= 0.3 is 6.09 Å². The number of carbonyl (C=O) groups is 2. The maximum atomic E-state index is 12.7. The van der Waals surface area contributed by atoms with E-state index in [9.17, 15) is 9.59 Å². The minimum absolute atomic E-state index is 0.0250. The monoisotopic (exact) mass is 371 g/mol. The molecule has 2 amide bonds. The van der Waals surface area contributed by atoms with Crippen LogP contribution in [0.2, 0.25) is 0 Å². The van der Waals surface area contributed by atoms with Gasteiger partial charge in [-0.3, -0.25) is 4.79 Å². The molecule has 3 N–H and O–H groups in total. The summed E-state index contributed by atoms with van der Waals surface area (Å²) < 4.78 is 5.27. The Labute approximate surface area is 160 Å². The summed E-state index contributed by atoms with van der Waals surface area (Å²) in [5.74, 6) is 0.508. The maximum absolute atomic E-state index is 12.7. The van der Waals surface area contributed by atoms with Gasteiger partial charge in [0.15, 0.2) is 0 Å². The molecule has 0 saturated heterocycles. The number of H-pyrrole nitrogens is 1. The van der Waals surface area contributed by atoms with Gasteiger partial charge in [0, 0.05) is 29.6 Å². The van der Waals surface area contributed by atoms with E-state index in [1.54, 1.807) is 0 Å². The van der Waals surface area contributed by atoms with Crippen LogP contribution in [0, 0.1) is 11.8 Å². The summed E-state index contributed by atoms with van der Waals surface area (Å²) in [6.45, 7) is 6.16. The van der Waals surface area contributed by atoms with Gasteiger partial charge in [0.2, 0.25) is 5.91 Å². The first-order chi connectivity index (χ1) is 12.8. The van der Waals surface area contributed by atoms with E-state index in [0.717, 1.165) is 42.3 Å². The summed E-state index contributed by atoms with van der Waals surface area (Å²) >= 11 is 0. The Morgan fingerprint density at radius 3 is 2.59 bits per heavy atom. The lowest BCUT2D eigenvalue weighted by Gasteiger charge is -2.28. The van der Waals surface area contributed by atoms with Crippen molar-refractivity contribution in [3.05, 3.63) is 30.5 Å². The molecule has 0 unspecified atom stereocenters. The fourth-order valence-corrected chi connectivity index (χ4v) is 3.60. The van der Waals surface area contributed by atoms with E-state index in [1.165, 1.54) is 0 Å². The van der Waals surface area contributed by atoms with Crippen LogP contribution in [-0.2, 0) is 9.53 Å². The van der Waals surface area contributed by atoms with E-state index in [0.29, 0.717) is 12.5 Å². The SMILES string of the molecule is CC(C)(C)OC(=O)NCC1CCC(C(=O)Nc2cccc3[nH]ccc23)CC1. The Morgan fingerprint density at radius 1 is 1.15 bits per heavy atom. The molecule has 6 nitrogen and oxygen atoms in total. The minimum atomic E-state index is -0.484. The van der Waals surface area contributed by atoms with Crippen LogP contribution in [0.4, 0.5) is 10.5 Å². The highest BCUT2D eigenvalue weighted by molar-refractivity contribution is 6.02. The maximum Gasteiger partial charge on any atom is 0.407 e. The lowest BCUT2D eigenvalue weighted by molar-refractivity contribution is -0.121. The van der Waals surface area contributed by atoms with Crippen molar-refractivity contribution >= 4 is 28.6 Å². The second-order valence-electron chi connectivity index (χ2n) is 8.33. The Morgan fingerprint density at radius 2 is 1.89 bits per heavy atom. The molecule has 0 spiro atoms. The molecule has 1 aliphatic carbocycles. The first kappa shape index (κ1) is 19.3. The summed E-state index contributed by atoms with van der Waals surface area (Å²) in [4.78, 5) is 27.6. The van der Waals surface area contributed by atoms with Gasteiger partial charge < -0.3 is 20.4 Å². The molecule has 6 heteroatoms. The number of fused-ring (bicyclic) bond motifs is 1. The van der Waals surface area contributed by atoms with Crippen molar-refractivity contribution < 1.29 is 14.3 Å². The van der Waals surface area contributed by atoms with Crippen LogP contribution in [0.1, 0.15) is 46.5 Å². The molecule has 0 atom stereocenters. The molecule has 2 aromatic rings.